The van der Waals surface area contributed by atoms with E-state index in [1.54, 1.807) is 24.3 Å². The molecule has 4 nitrogen and oxygen atoms in total. The summed E-state index contributed by atoms with van der Waals surface area (Å²) < 4.78 is 29.5. The Morgan fingerprint density at radius 1 is 1.23 bits per heavy atom. The number of ether oxygens (including phenoxy) is 2. The summed E-state index contributed by atoms with van der Waals surface area (Å²) in [7, 11) is 1.41. The second-order valence-corrected chi connectivity index (χ2v) is 4.71. The first-order valence-corrected chi connectivity index (χ1v) is 6.64. The first-order chi connectivity index (χ1) is 10.7. The number of methoxy groups -OCH3 is 1. The van der Waals surface area contributed by atoms with E-state index in [0.29, 0.717) is 16.7 Å². The van der Waals surface area contributed by atoms with Gasteiger partial charge in [0, 0.05) is 11.5 Å². The van der Waals surface area contributed by atoms with Crippen LogP contribution in [0.5, 0.6) is 11.7 Å². The van der Waals surface area contributed by atoms with Gasteiger partial charge in [-0.2, -0.15) is 0 Å². The van der Waals surface area contributed by atoms with Crippen LogP contribution in [0.1, 0.15) is 15.9 Å². The summed E-state index contributed by atoms with van der Waals surface area (Å²) in [5, 5.41) is 0.778. The van der Waals surface area contributed by atoms with Crippen LogP contribution < -0.4 is 9.47 Å². The minimum Gasteiger partial charge on any atom is -0.494 e. The SMILES string of the molecule is COc1ccc(COc2cc3cccc(C=O)c3o2)cc1F. The minimum absolute atomic E-state index is 0.150. The Balaban J connectivity index is 1.79. The molecule has 0 aliphatic carbocycles. The monoisotopic (exact) mass is 300 g/mol. The van der Waals surface area contributed by atoms with Crippen molar-refractivity contribution in [2.75, 3.05) is 7.11 Å². The largest absolute Gasteiger partial charge is 0.494 e. The summed E-state index contributed by atoms with van der Waals surface area (Å²) in [6.45, 7) is 0.150. The molecule has 0 aliphatic heterocycles. The normalized spacial score (nSPS) is 10.6. The minimum atomic E-state index is -0.448. The van der Waals surface area contributed by atoms with E-state index < -0.39 is 5.82 Å². The van der Waals surface area contributed by atoms with E-state index in [-0.39, 0.29) is 18.3 Å². The lowest BCUT2D eigenvalue weighted by molar-refractivity contribution is 0.112. The predicted molar refractivity (Wildman–Crippen MR) is 78.9 cm³/mol. The molecule has 0 spiro atoms. The molecule has 0 radical (unpaired) electrons. The summed E-state index contributed by atoms with van der Waals surface area (Å²) in [6, 6.07) is 11.6. The first kappa shape index (κ1) is 14.1. The molecule has 3 aromatic rings. The molecule has 1 aromatic heterocycles. The Labute approximate surface area is 126 Å². The molecule has 0 aliphatic rings. The summed E-state index contributed by atoms with van der Waals surface area (Å²) in [5.41, 5.74) is 1.59. The molecule has 5 heteroatoms. The van der Waals surface area contributed by atoms with Gasteiger partial charge in [-0.3, -0.25) is 4.79 Å². The molecule has 0 amide bonds. The van der Waals surface area contributed by atoms with Crippen molar-refractivity contribution < 1.29 is 23.1 Å². The zero-order valence-electron chi connectivity index (χ0n) is 11.8. The maximum atomic E-state index is 13.6. The summed E-state index contributed by atoms with van der Waals surface area (Å²) in [6.07, 6.45) is 0.731. The fourth-order valence-electron chi connectivity index (χ4n) is 2.18. The third kappa shape index (κ3) is 2.65. The Kier molecular flexibility index (Phi) is 3.78. The summed E-state index contributed by atoms with van der Waals surface area (Å²) >= 11 is 0. The number of rotatable bonds is 5. The molecule has 0 unspecified atom stereocenters. The molecule has 0 saturated carbocycles. The highest BCUT2D eigenvalue weighted by Crippen LogP contribution is 2.28. The number of carbonyl (C=O) groups excluding carboxylic acids is 1. The zero-order chi connectivity index (χ0) is 15.5. The second-order valence-electron chi connectivity index (χ2n) is 4.71. The van der Waals surface area contributed by atoms with E-state index in [4.69, 9.17) is 13.9 Å². The quantitative estimate of drug-likeness (QED) is 0.669. The molecule has 0 saturated heterocycles. The third-order valence-electron chi connectivity index (χ3n) is 3.28. The van der Waals surface area contributed by atoms with Gasteiger partial charge in [-0.15, -0.1) is 0 Å². The van der Waals surface area contributed by atoms with Gasteiger partial charge in [0.05, 0.1) is 12.7 Å². The number of para-hydroxylation sites is 1. The second kappa shape index (κ2) is 5.89. The van der Waals surface area contributed by atoms with Crippen molar-refractivity contribution in [1.29, 1.82) is 0 Å². The molecule has 0 bridgehead atoms. The number of fused-ring (bicyclic) bond motifs is 1. The average molecular weight is 300 g/mol. The van der Waals surface area contributed by atoms with Gasteiger partial charge in [0.25, 0.3) is 5.95 Å². The van der Waals surface area contributed by atoms with E-state index in [1.807, 2.05) is 6.07 Å². The molecule has 1 heterocycles. The fourth-order valence-corrected chi connectivity index (χ4v) is 2.18. The molecule has 0 atom stereocenters. The number of hydrogen-bond acceptors (Lipinski definition) is 4. The lowest BCUT2D eigenvalue weighted by Crippen LogP contribution is -1.96. The Bertz CT molecular complexity index is 823. The van der Waals surface area contributed by atoms with E-state index in [0.717, 1.165) is 11.7 Å². The van der Waals surface area contributed by atoms with Gasteiger partial charge in [0.2, 0.25) is 0 Å². The standard InChI is InChI=1S/C17H13FO4/c1-20-15-6-5-11(7-14(15)18)10-21-16-8-12-3-2-4-13(9-19)17(12)22-16/h2-9H,10H2,1H3. The topological polar surface area (TPSA) is 48.7 Å². The number of furan rings is 1. The van der Waals surface area contributed by atoms with Crippen LogP contribution in [0.2, 0.25) is 0 Å². The molecule has 0 N–H and O–H groups in total. The van der Waals surface area contributed by atoms with Crippen molar-refractivity contribution in [2.45, 2.75) is 6.61 Å². The van der Waals surface area contributed by atoms with Crippen LogP contribution in [-0.2, 0) is 6.61 Å². The molecule has 22 heavy (non-hydrogen) atoms. The Hall–Kier alpha value is -2.82. The number of carbonyl (C=O) groups is 1. The smallest absolute Gasteiger partial charge is 0.285 e. The van der Waals surface area contributed by atoms with Crippen molar-refractivity contribution in [3.8, 4) is 11.7 Å². The highest BCUT2D eigenvalue weighted by atomic mass is 19.1. The van der Waals surface area contributed by atoms with Crippen LogP contribution in [-0.4, -0.2) is 13.4 Å². The van der Waals surface area contributed by atoms with Gasteiger partial charge in [-0.05, 0) is 23.8 Å². The molecule has 3 rings (SSSR count). The first-order valence-electron chi connectivity index (χ1n) is 6.64. The number of aldehydes is 1. The Morgan fingerprint density at radius 3 is 2.82 bits per heavy atom. The Morgan fingerprint density at radius 2 is 2.09 bits per heavy atom. The van der Waals surface area contributed by atoms with Gasteiger partial charge in [0.1, 0.15) is 12.2 Å². The van der Waals surface area contributed by atoms with Crippen LogP contribution in [0.25, 0.3) is 11.0 Å². The fraction of sp³-hybridized carbons (Fsp3) is 0.118. The van der Waals surface area contributed by atoms with Crippen molar-refractivity contribution in [3.63, 3.8) is 0 Å². The van der Waals surface area contributed by atoms with Gasteiger partial charge in [-0.1, -0.05) is 18.2 Å². The van der Waals surface area contributed by atoms with Crippen LogP contribution >= 0.6 is 0 Å². The van der Waals surface area contributed by atoms with Gasteiger partial charge < -0.3 is 13.9 Å². The molecule has 112 valence electrons. The number of hydrogen-bond donors (Lipinski definition) is 0. The highest BCUT2D eigenvalue weighted by molar-refractivity contribution is 5.95. The number of benzene rings is 2. The lowest BCUT2D eigenvalue weighted by atomic mass is 10.2. The van der Waals surface area contributed by atoms with Crippen LogP contribution in [0.3, 0.4) is 0 Å². The van der Waals surface area contributed by atoms with E-state index in [2.05, 4.69) is 0 Å². The highest BCUT2D eigenvalue weighted by Gasteiger charge is 2.09. The van der Waals surface area contributed by atoms with E-state index in [9.17, 15) is 9.18 Å². The van der Waals surface area contributed by atoms with Crippen LogP contribution in [0.15, 0.2) is 46.9 Å². The van der Waals surface area contributed by atoms with Crippen molar-refractivity contribution in [1.82, 2.24) is 0 Å². The lowest BCUT2D eigenvalue weighted by Gasteiger charge is -2.05. The molecular formula is C17H13FO4. The van der Waals surface area contributed by atoms with Crippen molar-refractivity contribution >= 4 is 17.3 Å². The van der Waals surface area contributed by atoms with Gasteiger partial charge in [-0.25, -0.2) is 4.39 Å². The molecular weight excluding hydrogens is 287 g/mol. The van der Waals surface area contributed by atoms with Crippen molar-refractivity contribution in [2.24, 2.45) is 0 Å². The zero-order valence-corrected chi connectivity index (χ0v) is 11.8. The maximum absolute atomic E-state index is 13.6. The number of halogens is 1. The van der Waals surface area contributed by atoms with Gasteiger partial charge >= 0.3 is 0 Å². The summed E-state index contributed by atoms with van der Waals surface area (Å²) in [4.78, 5) is 11.0. The summed E-state index contributed by atoms with van der Waals surface area (Å²) in [5.74, 6) is 0.0140. The maximum Gasteiger partial charge on any atom is 0.285 e. The van der Waals surface area contributed by atoms with Crippen LogP contribution in [0, 0.1) is 5.82 Å². The van der Waals surface area contributed by atoms with Crippen molar-refractivity contribution in [3.05, 3.63) is 59.4 Å². The van der Waals surface area contributed by atoms with E-state index >= 15 is 0 Å². The average Bonchev–Trinajstić information content (AvgIpc) is 2.96. The third-order valence-corrected chi connectivity index (χ3v) is 3.28. The van der Waals surface area contributed by atoms with Gasteiger partial charge in [0.15, 0.2) is 17.9 Å². The van der Waals surface area contributed by atoms with Crippen LogP contribution in [0.4, 0.5) is 4.39 Å². The van der Waals surface area contributed by atoms with E-state index in [1.165, 1.54) is 19.2 Å². The molecule has 0 fully saturated rings. The predicted octanol–water partition coefficient (Wildman–Crippen LogP) is 3.97. The molecule has 2 aromatic carbocycles.